The van der Waals surface area contributed by atoms with Gasteiger partial charge in [0.2, 0.25) is 20.0 Å². The molecule has 0 aromatic rings. The molecule has 0 aromatic carbocycles. The van der Waals surface area contributed by atoms with Crippen LogP contribution < -0.4 is 5.53 Å². The van der Waals surface area contributed by atoms with Crippen LogP contribution in [0.4, 0.5) is 0 Å². The lowest BCUT2D eigenvalue weighted by atomic mass is 10.4. The molecule has 0 radical (unpaired) electrons. The quantitative estimate of drug-likeness (QED) is 0.640. The van der Waals surface area contributed by atoms with Crippen LogP contribution in [0.2, 0.25) is 0 Å². The molecule has 0 aromatic heterocycles. The van der Waals surface area contributed by atoms with E-state index in [0.29, 0.717) is 25.1 Å². The van der Waals surface area contributed by atoms with Crippen molar-refractivity contribution in [3.05, 3.63) is 36.0 Å². The molecule has 1 aliphatic rings. The van der Waals surface area contributed by atoms with E-state index in [-0.39, 0.29) is 0 Å². The highest BCUT2D eigenvalue weighted by Crippen LogP contribution is 2.17. The summed E-state index contributed by atoms with van der Waals surface area (Å²) in [6, 6.07) is 0. The fourth-order valence-corrected chi connectivity index (χ4v) is 4.27. The second kappa shape index (κ2) is 5.98. The van der Waals surface area contributed by atoms with Crippen molar-refractivity contribution in [3.63, 3.8) is 0 Å². The van der Waals surface area contributed by atoms with Crippen LogP contribution in [0.1, 0.15) is 0 Å². The zero-order valence-electron chi connectivity index (χ0n) is 10.9. The highest BCUT2D eigenvalue weighted by molar-refractivity contribution is 7.95. The van der Waals surface area contributed by atoms with Crippen LogP contribution in [-0.4, -0.2) is 52.4 Å². The fourth-order valence-electron chi connectivity index (χ4n) is 1.48. The zero-order chi connectivity index (χ0) is 16.5. The van der Waals surface area contributed by atoms with Crippen molar-refractivity contribution in [2.75, 3.05) is 13.1 Å². The fraction of sp³-hybridized carbons (Fsp3) is 0.333. The highest BCUT2D eigenvalue weighted by Gasteiger charge is 2.40. The number of nitrogens with zero attached hydrogens (tertiary/aromatic N) is 2. The number of rotatable bonds is 6. The summed E-state index contributed by atoms with van der Waals surface area (Å²) in [7, 11) is -12.0. The first-order valence-corrected chi connectivity index (χ1v) is 10.0. The van der Waals surface area contributed by atoms with E-state index in [1.807, 2.05) is 0 Å². The van der Waals surface area contributed by atoms with E-state index >= 15 is 0 Å². The molecule has 21 heavy (non-hydrogen) atoms. The number of nitrogens with one attached hydrogen (secondary N) is 1. The van der Waals surface area contributed by atoms with Gasteiger partial charge < -0.3 is 0 Å². The lowest BCUT2D eigenvalue weighted by Crippen LogP contribution is -2.64. The minimum Gasteiger partial charge on any atom is -0.224 e. The number of hydrogen-bond donors (Lipinski definition) is 1. The molecule has 0 atom stereocenters. The highest BCUT2D eigenvalue weighted by atomic mass is 32.2. The van der Waals surface area contributed by atoms with Crippen LogP contribution in [0, 0.1) is 0 Å². The monoisotopic (exact) mass is 357 g/mol. The van der Waals surface area contributed by atoms with E-state index in [0.717, 1.165) is 0 Å². The lowest BCUT2D eigenvalue weighted by Gasteiger charge is -2.36. The average molecular weight is 357 g/mol. The first-order valence-electron chi connectivity index (χ1n) is 5.43. The van der Waals surface area contributed by atoms with Gasteiger partial charge in [0.25, 0.3) is 0 Å². The van der Waals surface area contributed by atoms with Crippen molar-refractivity contribution < 1.29 is 25.3 Å². The summed E-state index contributed by atoms with van der Waals surface area (Å²) >= 11 is 0. The van der Waals surface area contributed by atoms with Gasteiger partial charge in [-0.1, -0.05) is 19.7 Å². The summed E-state index contributed by atoms with van der Waals surface area (Å²) in [5.74, 6) is 0. The molecule has 0 aliphatic carbocycles. The van der Waals surface area contributed by atoms with Crippen LogP contribution in [0.25, 0.3) is 0 Å². The Hall–Kier alpha value is -1.05. The second-order valence-electron chi connectivity index (χ2n) is 3.96. The molecule has 1 aliphatic heterocycles. The summed E-state index contributed by atoms with van der Waals surface area (Å²) in [5.41, 5.74) is 2.11. The molecule has 9 nitrogen and oxygen atoms in total. The molecule has 0 unspecified atom stereocenters. The van der Waals surface area contributed by atoms with Crippen molar-refractivity contribution in [1.82, 2.24) is 14.4 Å². The van der Waals surface area contributed by atoms with Gasteiger partial charge in [-0.05, 0) is 0 Å². The molecule has 1 heterocycles. The van der Waals surface area contributed by atoms with Crippen LogP contribution >= 0.6 is 0 Å². The normalized spacial score (nSPS) is 20.0. The Bertz CT molecular complexity index is 642. The Balaban J connectivity index is 3.32. The SMILES string of the molecule is C=CS(=O)(=O)C1CN(S(=O)(=O)C=C)NN(S(=O)(=O)C=C)C1. The summed E-state index contributed by atoms with van der Waals surface area (Å²) in [4.78, 5) is 0. The molecule has 1 saturated heterocycles. The molecule has 120 valence electrons. The van der Waals surface area contributed by atoms with Crippen molar-refractivity contribution in [1.29, 1.82) is 0 Å². The van der Waals surface area contributed by atoms with Crippen molar-refractivity contribution in [2.45, 2.75) is 5.25 Å². The van der Waals surface area contributed by atoms with Gasteiger partial charge in [-0.3, -0.25) is 0 Å². The van der Waals surface area contributed by atoms with Gasteiger partial charge >= 0.3 is 0 Å². The van der Waals surface area contributed by atoms with Crippen LogP contribution in [0.3, 0.4) is 0 Å². The Labute approximate surface area is 124 Å². The Kier molecular flexibility index (Phi) is 5.13. The van der Waals surface area contributed by atoms with Crippen LogP contribution in [-0.2, 0) is 29.9 Å². The van der Waals surface area contributed by atoms with Gasteiger partial charge in [-0.15, -0.1) is 8.83 Å². The van der Waals surface area contributed by atoms with Crippen molar-refractivity contribution in [3.8, 4) is 0 Å². The number of sulfonamides is 2. The Morgan fingerprint density at radius 2 is 1.19 bits per heavy atom. The third-order valence-corrected chi connectivity index (χ3v) is 6.92. The maximum Gasteiger partial charge on any atom is 0.249 e. The minimum atomic E-state index is -4.08. The molecule has 0 amide bonds. The molecule has 0 spiro atoms. The molecular formula is C9H15N3O6S3. The molecule has 1 fully saturated rings. The van der Waals surface area contributed by atoms with Gasteiger partial charge in [-0.25, -0.2) is 25.3 Å². The first kappa shape index (κ1) is 18.0. The molecule has 0 saturated carbocycles. The summed E-state index contributed by atoms with van der Waals surface area (Å²) < 4.78 is 71.6. The number of hydrogen-bond acceptors (Lipinski definition) is 7. The summed E-state index contributed by atoms with van der Waals surface area (Å²) in [6.45, 7) is 8.37. The summed E-state index contributed by atoms with van der Waals surface area (Å²) in [6.07, 6.45) is 0. The second-order valence-corrected chi connectivity index (χ2v) is 9.75. The van der Waals surface area contributed by atoms with E-state index in [1.54, 1.807) is 0 Å². The number of sulfone groups is 1. The third-order valence-electron chi connectivity index (χ3n) is 2.69. The molecule has 12 heteroatoms. The van der Waals surface area contributed by atoms with E-state index in [2.05, 4.69) is 25.3 Å². The van der Waals surface area contributed by atoms with Gasteiger partial charge in [-0.2, -0.15) is 5.53 Å². The Morgan fingerprint density at radius 3 is 1.48 bits per heavy atom. The topological polar surface area (TPSA) is 121 Å². The largest absolute Gasteiger partial charge is 0.249 e. The summed E-state index contributed by atoms with van der Waals surface area (Å²) in [5, 5.41) is 0.490. The van der Waals surface area contributed by atoms with Crippen LogP contribution in [0.5, 0.6) is 0 Å². The molecular weight excluding hydrogens is 342 g/mol. The zero-order valence-corrected chi connectivity index (χ0v) is 13.4. The Morgan fingerprint density at radius 1 is 0.810 bits per heavy atom. The maximum absolute atomic E-state index is 11.8. The third kappa shape index (κ3) is 3.78. The average Bonchev–Trinajstić information content (AvgIpc) is 2.46. The lowest BCUT2D eigenvalue weighted by molar-refractivity contribution is 0.125. The predicted octanol–water partition coefficient (Wildman–Crippen LogP) is -1.10. The standard InChI is InChI=1S/C9H15N3O6S3/c1-4-19(13,14)9-7-11(20(15,16)5-2)10-12(8-9)21(17,18)6-3/h4-6,9-10H,1-3,7-8H2. The van der Waals surface area contributed by atoms with Crippen molar-refractivity contribution in [2.24, 2.45) is 0 Å². The number of hydrazine groups is 2. The van der Waals surface area contributed by atoms with Gasteiger partial charge in [0.1, 0.15) is 0 Å². The first-order chi connectivity index (χ1) is 9.50. The maximum atomic E-state index is 11.8. The molecule has 0 bridgehead atoms. The predicted molar refractivity (Wildman–Crippen MR) is 77.7 cm³/mol. The molecule has 1 N–H and O–H groups in total. The van der Waals surface area contributed by atoms with Crippen LogP contribution in [0.15, 0.2) is 36.0 Å². The van der Waals surface area contributed by atoms with Gasteiger partial charge in [0, 0.05) is 29.3 Å². The minimum absolute atomic E-state index is 0.480. The van der Waals surface area contributed by atoms with Crippen molar-refractivity contribution >= 4 is 29.9 Å². The van der Waals surface area contributed by atoms with E-state index < -0.39 is 48.2 Å². The van der Waals surface area contributed by atoms with E-state index in [9.17, 15) is 25.3 Å². The van der Waals surface area contributed by atoms with Gasteiger partial charge in [0.05, 0.1) is 5.25 Å². The smallest absolute Gasteiger partial charge is 0.224 e. The van der Waals surface area contributed by atoms with Gasteiger partial charge in [0.15, 0.2) is 9.84 Å². The van der Waals surface area contributed by atoms with E-state index in [4.69, 9.17) is 0 Å². The van der Waals surface area contributed by atoms with E-state index in [1.165, 1.54) is 0 Å². The molecule has 1 rings (SSSR count).